The lowest BCUT2D eigenvalue weighted by atomic mass is 10.1. The number of fused-ring (bicyclic) bond motifs is 1. The summed E-state index contributed by atoms with van der Waals surface area (Å²) in [6.07, 6.45) is 0.955. The lowest BCUT2D eigenvalue weighted by molar-refractivity contribution is -0.0488. The predicted octanol–water partition coefficient (Wildman–Crippen LogP) is 1.37. The molecule has 8 nitrogen and oxygen atoms in total. The molecule has 0 aliphatic carbocycles. The largest absolute Gasteiger partial charge is 0.477 e. The fourth-order valence-electron chi connectivity index (χ4n) is 3.27. The predicted molar refractivity (Wildman–Crippen MR) is 96.8 cm³/mol. The molecule has 1 saturated heterocycles. The molecule has 2 aromatic rings. The molecule has 1 aromatic heterocycles. The average Bonchev–Trinajstić information content (AvgIpc) is 2.63. The first-order chi connectivity index (χ1) is 13.2. The van der Waals surface area contributed by atoms with Gasteiger partial charge in [0.25, 0.3) is 0 Å². The molecule has 2 heterocycles. The van der Waals surface area contributed by atoms with E-state index >= 15 is 0 Å². The van der Waals surface area contributed by atoms with E-state index in [-0.39, 0.29) is 16.6 Å². The smallest absolute Gasteiger partial charge is 0.387 e. The molecule has 1 aliphatic heterocycles. The van der Waals surface area contributed by atoms with E-state index in [9.17, 15) is 27.9 Å². The molecule has 28 heavy (non-hydrogen) atoms. The summed E-state index contributed by atoms with van der Waals surface area (Å²) in [6.45, 7) is -1.36. The minimum Gasteiger partial charge on any atom is -0.477 e. The van der Waals surface area contributed by atoms with Gasteiger partial charge in [-0.2, -0.15) is 8.78 Å². The maximum absolute atomic E-state index is 15.0. The van der Waals surface area contributed by atoms with Crippen LogP contribution in [0.4, 0.5) is 18.9 Å². The fraction of sp³-hybridized carbons (Fsp3) is 0.412. The number of aromatic nitrogens is 1. The number of nitrogens with one attached hydrogen (secondary N) is 1. The maximum atomic E-state index is 15.0. The number of anilines is 1. The number of nitrogens with zero attached hydrogens (tertiary/aromatic N) is 3. The van der Waals surface area contributed by atoms with E-state index in [2.05, 4.69) is 10.2 Å². The van der Waals surface area contributed by atoms with E-state index in [0.717, 1.165) is 16.9 Å². The molecule has 1 aromatic carbocycles. The standard InChI is InChI=1S/C17H19F3N4O4/c1-21-24-8-10(16(26)27)14(25)9-7-11(18)13(15(12(9)24)28-17(19)20)23-5-3-22(2)4-6-23/h7-8,17,21H,3-6H2,1-2H3,(H,26,27). The second-order valence-corrected chi connectivity index (χ2v) is 6.37. The summed E-state index contributed by atoms with van der Waals surface area (Å²) in [7, 11) is 3.29. The topological polar surface area (TPSA) is 87.0 Å². The Morgan fingerprint density at radius 1 is 1.29 bits per heavy atom. The summed E-state index contributed by atoms with van der Waals surface area (Å²) in [5.74, 6) is -2.97. The van der Waals surface area contributed by atoms with Gasteiger partial charge in [0.2, 0.25) is 5.43 Å². The van der Waals surface area contributed by atoms with Crippen LogP contribution in [0.5, 0.6) is 5.75 Å². The van der Waals surface area contributed by atoms with Crippen molar-refractivity contribution >= 4 is 22.6 Å². The summed E-state index contributed by atoms with van der Waals surface area (Å²) < 4.78 is 47.0. The number of ether oxygens (including phenoxy) is 1. The number of benzene rings is 1. The number of aromatic carboxylic acids is 1. The number of hydrogen-bond donors (Lipinski definition) is 2. The third-order valence-electron chi connectivity index (χ3n) is 4.67. The van der Waals surface area contributed by atoms with Crippen LogP contribution < -0.4 is 20.5 Å². The minimum absolute atomic E-state index is 0.159. The number of piperazine rings is 1. The van der Waals surface area contributed by atoms with E-state index in [4.69, 9.17) is 0 Å². The molecule has 0 saturated carbocycles. The SMILES string of the molecule is CNn1cc(C(=O)O)c(=O)c2cc(F)c(N3CCN(C)CC3)c(OC(F)F)c21. The van der Waals surface area contributed by atoms with E-state index < -0.39 is 35.1 Å². The fourth-order valence-corrected chi connectivity index (χ4v) is 3.27. The van der Waals surface area contributed by atoms with Crippen molar-refractivity contribution in [2.45, 2.75) is 6.61 Å². The molecule has 0 bridgehead atoms. The summed E-state index contributed by atoms with van der Waals surface area (Å²) in [5, 5.41) is 8.84. The second-order valence-electron chi connectivity index (χ2n) is 6.37. The van der Waals surface area contributed by atoms with Crippen LogP contribution in [0.15, 0.2) is 17.1 Å². The zero-order valence-electron chi connectivity index (χ0n) is 15.2. The molecule has 0 atom stereocenters. The van der Waals surface area contributed by atoms with Crippen LogP contribution in [0.3, 0.4) is 0 Å². The van der Waals surface area contributed by atoms with E-state index in [0.29, 0.717) is 26.2 Å². The second kappa shape index (κ2) is 7.58. The molecule has 0 spiro atoms. The highest BCUT2D eigenvalue weighted by atomic mass is 19.3. The highest BCUT2D eigenvalue weighted by Gasteiger charge is 2.28. The Labute approximate surface area is 157 Å². The summed E-state index contributed by atoms with van der Waals surface area (Å²) in [4.78, 5) is 27.4. The zero-order chi connectivity index (χ0) is 20.6. The van der Waals surface area contributed by atoms with Crippen LogP contribution in [-0.2, 0) is 0 Å². The number of alkyl halides is 2. The Hall–Kier alpha value is -2.95. The number of carboxylic acids is 1. The highest BCUT2D eigenvalue weighted by Crippen LogP contribution is 2.39. The van der Waals surface area contributed by atoms with E-state index in [1.807, 2.05) is 11.9 Å². The van der Waals surface area contributed by atoms with Crippen LogP contribution in [0, 0.1) is 5.82 Å². The number of hydrogen-bond acceptors (Lipinski definition) is 6. The van der Waals surface area contributed by atoms with Crippen molar-refractivity contribution in [1.29, 1.82) is 0 Å². The van der Waals surface area contributed by atoms with Gasteiger partial charge in [-0.1, -0.05) is 0 Å². The third-order valence-corrected chi connectivity index (χ3v) is 4.67. The highest BCUT2D eigenvalue weighted by molar-refractivity contribution is 5.97. The molecule has 0 amide bonds. The summed E-state index contributed by atoms with van der Waals surface area (Å²) in [5.41, 5.74) is 0.639. The zero-order valence-corrected chi connectivity index (χ0v) is 15.2. The Morgan fingerprint density at radius 2 is 1.93 bits per heavy atom. The number of likely N-dealkylation sites (N-methyl/N-ethyl adjacent to an activating group) is 1. The third kappa shape index (κ3) is 3.44. The van der Waals surface area contributed by atoms with Gasteiger partial charge in [0.05, 0.1) is 5.39 Å². The van der Waals surface area contributed by atoms with Crippen molar-refractivity contribution in [1.82, 2.24) is 9.58 Å². The normalized spacial score (nSPS) is 15.3. The van der Waals surface area contributed by atoms with Crippen LogP contribution in [0.2, 0.25) is 0 Å². The number of pyridine rings is 1. The van der Waals surface area contributed by atoms with Crippen molar-refractivity contribution in [3.8, 4) is 5.75 Å². The molecule has 152 valence electrons. The van der Waals surface area contributed by atoms with Crippen molar-refractivity contribution in [3.05, 3.63) is 33.9 Å². The number of halogens is 3. The molecule has 0 radical (unpaired) electrons. The first-order valence-corrected chi connectivity index (χ1v) is 8.45. The Balaban J connectivity index is 2.35. The van der Waals surface area contributed by atoms with Gasteiger partial charge in [0.15, 0.2) is 11.6 Å². The number of rotatable bonds is 5. The van der Waals surface area contributed by atoms with Crippen LogP contribution in [0.25, 0.3) is 10.9 Å². The van der Waals surface area contributed by atoms with Gasteiger partial charge in [-0.05, 0) is 13.1 Å². The lowest BCUT2D eigenvalue weighted by Crippen LogP contribution is -2.45. The lowest BCUT2D eigenvalue weighted by Gasteiger charge is -2.35. The molecule has 0 unspecified atom stereocenters. The average molecular weight is 400 g/mol. The summed E-state index contributed by atoms with van der Waals surface area (Å²) >= 11 is 0. The van der Waals surface area contributed by atoms with Gasteiger partial charge >= 0.3 is 12.6 Å². The first-order valence-electron chi connectivity index (χ1n) is 8.45. The van der Waals surface area contributed by atoms with Crippen molar-refractivity contribution in [2.24, 2.45) is 0 Å². The monoisotopic (exact) mass is 400 g/mol. The van der Waals surface area contributed by atoms with Crippen LogP contribution in [0.1, 0.15) is 10.4 Å². The molecule has 2 N–H and O–H groups in total. The molecule has 3 rings (SSSR count). The molecule has 11 heteroatoms. The van der Waals surface area contributed by atoms with Crippen LogP contribution in [-0.4, -0.2) is 67.5 Å². The van der Waals surface area contributed by atoms with Crippen molar-refractivity contribution in [3.63, 3.8) is 0 Å². The van der Waals surface area contributed by atoms with E-state index in [1.165, 1.54) is 7.05 Å². The van der Waals surface area contributed by atoms with E-state index in [1.54, 1.807) is 4.90 Å². The summed E-state index contributed by atoms with van der Waals surface area (Å²) in [6, 6.07) is 0.865. The first kappa shape index (κ1) is 19.8. The van der Waals surface area contributed by atoms with Gasteiger partial charge in [0, 0.05) is 39.4 Å². The Bertz CT molecular complexity index is 971. The van der Waals surface area contributed by atoms with Crippen LogP contribution >= 0.6 is 0 Å². The molecular weight excluding hydrogens is 381 g/mol. The number of carboxylic acid groups (broad SMARTS) is 1. The van der Waals surface area contributed by atoms with Gasteiger partial charge in [0.1, 0.15) is 16.8 Å². The molecule has 1 fully saturated rings. The Kier molecular flexibility index (Phi) is 5.36. The quantitative estimate of drug-likeness (QED) is 0.784. The number of carbonyl (C=O) groups is 1. The van der Waals surface area contributed by atoms with Gasteiger partial charge in [-0.3, -0.25) is 9.47 Å². The Morgan fingerprint density at radius 3 is 2.46 bits per heavy atom. The van der Waals surface area contributed by atoms with Gasteiger partial charge in [-0.25, -0.2) is 9.18 Å². The minimum atomic E-state index is -3.27. The van der Waals surface area contributed by atoms with Crippen molar-refractivity contribution in [2.75, 3.05) is 50.6 Å². The van der Waals surface area contributed by atoms with Gasteiger partial charge < -0.3 is 25.1 Å². The molecule has 1 aliphatic rings. The van der Waals surface area contributed by atoms with Crippen molar-refractivity contribution < 1.29 is 27.8 Å². The van der Waals surface area contributed by atoms with Gasteiger partial charge in [-0.15, -0.1) is 0 Å². The maximum Gasteiger partial charge on any atom is 0.387 e. The molecular formula is C17H19F3N4O4.